The molecule has 0 saturated heterocycles. The highest BCUT2D eigenvalue weighted by Gasteiger charge is 2.14. The van der Waals surface area contributed by atoms with E-state index in [-0.39, 0.29) is 6.04 Å². The predicted molar refractivity (Wildman–Crippen MR) is 71.5 cm³/mol. The first-order chi connectivity index (χ1) is 9.26. The summed E-state index contributed by atoms with van der Waals surface area (Å²) in [6.45, 7) is 2.03. The van der Waals surface area contributed by atoms with Crippen LogP contribution in [0.4, 0.5) is 0 Å². The Bertz CT molecular complexity index is 654. The molecule has 0 fully saturated rings. The lowest BCUT2D eigenvalue weighted by atomic mass is 10.2. The Balaban J connectivity index is 1.89. The van der Waals surface area contributed by atoms with E-state index in [1.54, 1.807) is 0 Å². The number of aromatic nitrogens is 2. The van der Waals surface area contributed by atoms with Gasteiger partial charge in [-0.05, 0) is 18.6 Å². The SMILES string of the molecule is CCC(N)Cc1nc(-c2cc3ccccc3o2)no1. The fraction of sp³-hybridized carbons (Fsp3) is 0.286. The lowest BCUT2D eigenvalue weighted by Crippen LogP contribution is -2.21. The number of para-hydroxylation sites is 1. The number of fused-ring (bicyclic) bond motifs is 1. The monoisotopic (exact) mass is 257 g/mol. The lowest BCUT2D eigenvalue weighted by Gasteiger charge is -2.02. The zero-order chi connectivity index (χ0) is 13.2. The van der Waals surface area contributed by atoms with Gasteiger partial charge in [0.1, 0.15) is 5.58 Å². The van der Waals surface area contributed by atoms with Gasteiger partial charge in [0.25, 0.3) is 0 Å². The van der Waals surface area contributed by atoms with Crippen LogP contribution in [0.15, 0.2) is 39.3 Å². The minimum absolute atomic E-state index is 0.0453. The summed E-state index contributed by atoms with van der Waals surface area (Å²) in [7, 11) is 0. The molecule has 5 heteroatoms. The second-order valence-corrected chi connectivity index (χ2v) is 4.53. The zero-order valence-electron chi connectivity index (χ0n) is 10.7. The molecule has 0 amide bonds. The van der Waals surface area contributed by atoms with Crippen LogP contribution in [0.3, 0.4) is 0 Å². The summed E-state index contributed by atoms with van der Waals surface area (Å²) in [5.74, 6) is 1.63. The summed E-state index contributed by atoms with van der Waals surface area (Å²) < 4.78 is 10.9. The second kappa shape index (κ2) is 4.85. The van der Waals surface area contributed by atoms with Gasteiger partial charge in [0.05, 0.1) is 0 Å². The number of nitrogens with zero attached hydrogens (tertiary/aromatic N) is 2. The molecule has 0 saturated carbocycles. The molecule has 1 unspecified atom stereocenters. The van der Waals surface area contributed by atoms with E-state index < -0.39 is 0 Å². The second-order valence-electron chi connectivity index (χ2n) is 4.53. The van der Waals surface area contributed by atoms with E-state index in [2.05, 4.69) is 10.1 Å². The van der Waals surface area contributed by atoms with Gasteiger partial charge >= 0.3 is 0 Å². The van der Waals surface area contributed by atoms with Crippen LogP contribution in [0.25, 0.3) is 22.6 Å². The largest absolute Gasteiger partial charge is 0.453 e. The van der Waals surface area contributed by atoms with Crippen LogP contribution in [-0.2, 0) is 6.42 Å². The van der Waals surface area contributed by atoms with Gasteiger partial charge in [-0.2, -0.15) is 4.98 Å². The fourth-order valence-electron chi connectivity index (χ4n) is 1.90. The fourth-order valence-corrected chi connectivity index (χ4v) is 1.90. The summed E-state index contributed by atoms with van der Waals surface area (Å²) in [5.41, 5.74) is 6.68. The summed E-state index contributed by atoms with van der Waals surface area (Å²) in [6.07, 6.45) is 1.46. The van der Waals surface area contributed by atoms with Crippen molar-refractivity contribution in [2.75, 3.05) is 0 Å². The maximum absolute atomic E-state index is 5.86. The average molecular weight is 257 g/mol. The van der Waals surface area contributed by atoms with E-state index in [0.29, 0.717) is 23.9 Å². The van der Waals surface area contributed by atoms with Crippen LogP contribution in [0, 0.1) is 0 Å². The van der Waals surface area contributed by atoms with Crippen molar-refractivity contribution in [1.29, 1.82) is 0 Å². The highest BCUT2D eigenvalue weighted by molar-refractivity contribution is 5.81. The Kier molecular flexibility index (Phi) is 3.05. The minimum atomic E-state index is 0.0453. The maximum Gasteiger partial charge on any atom is 0.238 e. The van der Waals surface area contributed by atoms with Crippen molar-refractivity contribution in [1.82, 2.24) is 10.1 Å². The van der Waals surface area contributed by atoms with Crippen molar-refractivity contribution >= 4 is 11.0 Å². The lowest BCUT2D eigenvalue weighted by molar-refractivity contribution is 0.367. The van der Waals surface area contributed by atoms with E-state index >= 15 is 0 Å². The Hall–Kier alpha value is -2.14. The predicted octanol–water partition coefficient (Wildman–Crippen LogP) is 2.76. The molecule has 98 valence electrons. The maximum atomic E-state index is 5.86. The molecule has 2 aromatic heterocycles. The van der Waals surface area contributed by atoms with Crippen molar-refractivity contribution in [2.45, 2.75) is 25.8 Å². The normalized spacial score (nSPS) is 12.9. The summed E-state index contributed by atoms with van der Waals surface area (Å²) in [5, 5.41) is 4.96. The van der Waals surface area contributed by atoms with Crippen LogP contribution in [-0.4, -0.2) is 16.2 Å². The molecule has 1 aromatic carbocycles. The molecule has 0 aliphatic heterocycles. The van der Waals surface area contributed by atoms with E-state index in [4.69, 9.17) is 14.7 Å². The van der Waals surface area contributed by atoms with Gasteiger partial charge in [-0.15, -0.1) is 0 Å². The van der Waals surface area contributed by atoms with Crippen molar-refractivity contribution in [3.8, 4) is 11.6 Å². The molecule has 2 heterocycles. The molecule has 19 heavy (non-hydrogen) atoms. The molecule has 0 bridgehead atoms. The van der Waals surface area contributed by atoms with Gasteiger partial charge < -0.3 is 14.7 Å². The zero-order valence-corrected chi connectivity index (χ0v) is 10.7. The Morgan fingerprint density at radius 3 is 2.95 bits per heavy atom. The van der Waals surface area contributed by atoms with Gasteiger partial charge in [0.15, 0.2) is 5.76 Å². The number of benzene rings is 1. The molecule has 3 rings (SSSR count). The van der Waals surface area contributed by atoms with Gasteiger partial charge in [-0.3, -0.25) is 0 Å². The smallest absolute Gasteiger partial charge is 0.238 e. The first-order valence-corrected chi connectivity index (χ1v) is 6.33. The van der Waals surface area contributed by atoms with Crippen molar-refractivity contribution in [3.63, 3.8) is 0 Å². The van der Waals surface area contributed by atoms with Crippen molar-refractivity contribution < 1.29 is 8.94 Å². The van der Waals surface area contributed by atoms with Crippen LogP contribution < -0.4 is 5.73 Å². The summed E-state index contributed by atoms with van der Waals surface area (Å²) in [4.78, 5) is 4.31. The molecule has 5 nitrogen and oxygen atoms in total. The molecule has 0 radical (unpaired) electrons. The van der Waals surface area contributed by atoms with Crippen LogP contribution >= 0.6 is 0 Å². The highest BCUT2D eigenvalue weighted by atomic mass is 16.5. The molecule has 1 atom stereocenters. The Morgan fingerprint density at radius 2 is 2.16 bits per heavy atom. The van der Waals surface area contributed by atoms with Gasteiger partial charge in [0.2, 0.25) is 11.7 Å². The van der Waals surface area contributed by atoms with Crippen LogP contribution in [0.1, 0.15) is 19.2 Å². The number of hydrogen-bond donors (Lipinski definition) is 1. The van der Waals surface area contributed by atoms with Gasteiger partial charge in [-0.1, -0.05) is 30.3 Å². The quantitative estimate of drug-likeness (QED) is 0.777. The van der Waals surface area contributed by atoms with E-state index in [1.807, 2.05) is 37.3 Å². The topological polar surface area (TPSA) is 78.1 Å². The van der Waals surface area contributed by atoms with E-state index in [0.717, 1.165) is 17.4 Å². The highest BCUT2D eigenvalue weighted by Crippen LogP contribution is 2.25. The molecule has 3 aromatic rings. The summed E-state index contributed by atoms with van der Waals surface area (Å²) >= 11 is 0. The van der Waals surface area contributed by atoms with Crippen molar-refractivity contribution in [2.24, 2.45) is 5.73 Å². The number of rotatable bonds is 4. The molecular weight excluding hydrogens is 242 g/mol. The number of hydrogen-bond acceptors (Lipinski definition) is 5. The average Bonchev–Trinajstić information content (AvgIpc) is 3.04. The van der Waals surface area contributed by atoms with Crippen molar-refractivity contribution in [3.05, 3.63) is 36.2 Å². The van der Waals surface area contributed by atoms with Gasteiger partial charge in [0, 0.05) is 17.8 Å². The van der Waals surface area contributed by atoms with E-state index in [1.165, 1.54) is 0 Å². The third kappa shape index (κ3) is 2.37. The number of nitrogens with two attached hydrogens (primary N) is 1. The molecule has 0 spiro atoms. The Morgan fingerprint density at radius 1 is 1.32 bits per heavy atom. The van der Waals surface area contributed by atoms with Gasteiger partial charge in [-0.25, -0.2) is 0 Å². The summed E-state index contributed by atoms with van der Waals surface area (Å²) in [6, 6.07) is 9.73. The number of furan rings is 1. The van der Waals surface area contributed by atoms with Crippen LogP contribution in [0.5, 0.6) is 0 Å². The minimum Gasteiger partial charge on any atom is -0.453 e. The van der Waals surface area contributed by atoms with Crippen LogP contribution in [0.2, 0.25) is 0 Å². The first kappa shape index (κ1) is 11.9. The molecule has 0 aliphatic carbocycles. The Labute approximate surface area is 110 Å². The molecular formula is C14H15N3O2. The standard InChI is InChI=1S/C14H15N3O2/c1-2-10(15)8-13-16-14(17-19-13)12-7-9-5-3-4-6-11(9)18-12/h3-7,10H,2,8,15H2,1H3. The molecule has 0 aliphatic rings. The van der Waals surface area contributed by atoms with E-state index in [9.17, 15) is 0 Å². The first-order valence-electron chi connectivity index (χ1n) is 6.33. The molecule has 2 N–H and O–H groups in total. The third-order valence-electron chi connectivity index (χ3n) is 3.08. The third-order valence-corrected chi connectivity index (χ3v) is 3.08.